The third-order valence-electron chi connectivity index (χ3n) is 4.90. The van der Waals surface area contributed by atoms with E-state index in [1.54, 1.807) is 26.0 Å². The maximum atomic E-state index is 5.70. The second-order valence-electron chi connectivity index (χ2n) is 6.37. The fourth-order valence-corrected chi connectivity index (χ4v) is 4.04. The molecule has 0 aliphatic carbocycles. The monoisotopic (exact) mass is 445 g/mol. The first-order valence-electron chi connectivity index (χ1n) is 8.75. The Hall–Kier alpha value is -2.81. The first-order valence-corrected chi connectivity index (χ1v) is 9.54. The van der Waals surface area contributed by atoms with E-state index in [0.717, 1.165) is 22.0 Å². The van der Waals surface area contributed by atoms with Crippen molar-refractivity contribution in [2.45, 2.75) is 18.5 Å². The van der Waals surface area contributed by atoms with Gasteiger partial charge in [-0.05, 0) is 46.7 Å². The quantitative estimate of drug-likeness (QED) is 0.641. The molecule has 0 unspecified atom stereocenters. The fraction of sp³-hybridized carbons (Fsp3) is 0.316. The minimum Gasteiger partial charge on any atom is -0.493 e. The average molecular weight is 446 g/mol. The van der Waals surface area contributed by atoms with E-state index in [4.69, 9.17) is 14.2 Å². The van der Waals surface area contributed by atoms with Crippen LogP contribution in [-0.2, 0) is 0 Å². The topological polar surface area (TPSA) is 83.3 Å². The van der Waals surface area contributed by atoms with Gasteiger partial charge in [0, 0.05) is 10.0 Å². The summed E-state index contributed by atoms with van der Waals surface area (Å²) in [5.41, 5.74) is 2.07. The molecular formula is C19H20BrN5O3. The summed E-state index contributed by atoms with van der Waals surface area (Å²) in [5, 5.41) is 15.6. The number of rotatable bonds is 5. The molecular weight excluding hydrogens is 426 g/mol. The van der Waals surface area contributed by atoms with Gasteiger partial charge < -0.3 is 19.5 Å². The molecule has 9 heteroatoms. The van der Waals surface area contributed by atoms with Gasteiger partial charge >= 0.3 is 0 Å². The number of methoxy groups -OCH3 is 3. The van der Waals surface area contributed by atoms with Gasteiger partial charge in [0.1, 0.15) is 0 Å². The third kappa shape index (κ3) is 3.15. The summed E-state index contributed by atoms with van der Waals surface area (Å²) in [6.07, 6.45) is 0.736. The molecule has 1 aromatic heterocycles. The number of aromatic nitrogens is 4. The van der Waals surface area contributed by atoms with E-state index < -0.39 is 0 Å². The van der Waals surface area contributed by atoms with Crippen molar-refractivity contribution in [3.05, 3.63) is 52.0 Å². The lowest BCUT2D eigenvalue weighted by Crippen LogP contribution is -2.28. The van der Waals surface area contributed by atoms with E-state index in [2.05, 4.69) is 48.9 Å². The molecule has 1 aliphatic rings. The SMILES string of the molecule is COc1ccc([C@@H]2C[C@H](c3cccc(Br)c3)Nc3nnnn32)c(OC)c1OC. The Morgan fingerprint density at radius 3 is 2.61 bits per heavy atom. The Bertz CT molecular complexity index is 993. The first kappa shape index (κ1) is 18.5. The van der Waals surface area contributed by atoms with Crippen LogP contribution in [0.2, 0.25) is 0 Å². The molecule has 1 N–H and O–H groups in total. The summed E-state index contributed by atoms with van der Waals surface area (Å²) in [6, 6.07) is 12.0. The van der Waals surface area contributed by atoms with Crippen molar-refractivity contribution < 1.29 is 14.2 Å². The zero-order valence-electron chi connectivity index (χ0n) is 15.7. The van der Waals surface area contributed by atoms with Gasteiger partial charge in [-0.3, -0.25) is 0 Å². The molecule has 0 amide bonds. The second-order valence-corrected chi connectivity index (χ2v) is 7.29. The van der Waals surface area contributed by atoms with Crippen LogP contribution in [0.25, 0.3) is 0 Å². The van der Waals surface area contributed by atoms with Crippen molar-refractivity contribution in [1.29, 1.82) is 0 Å². The number of halogens is 1. The molecule has 2 aromatic carbocycles. The normalized spacial score (nSPS) is 18.1. The Labute approximate surface area is 170 Å². The summed E-state index contributed by atoms with van der Waals surface area (Å²) in [5.74, 6) is 2.38. The molecule has 1 aliphatic heterocycles. The maximum Gasteiger partial charge on any atom is 0.243 e. The van der Waals surface area contributed by atoms with Crippen molar-refractivity contribution in [1.82, 2.24) is 20.2 Å². The minimum atomic E-state index is -0.134. The summed E-state index contributed by atoms with van der Waals surface area (Å²) in [6.45, 7) is 0. The minimum absolute atomic E-state index is 0.0406. The lowest BCUT2D eigenvalue weighted by Gasteiger charge is -2.32. The molecule has 8 nitrogen and oxygen atoms in total. The van der Waals surface area contributed by atoms with Gasteiger partial charge in [0.15, 0.2) is 11.5 Å². The number of fused-ring (bicyclic) bond motifs is 1. The molecule has 4 rings (SSSR count). The molecule has 2 atom stereocenters. The van der Waals surface area contributed by atoms with Crippen LogP contribution < -0.4 is 19.5 Å². The van der Waals surface area contributed by atoms with Gasteiger partial charge in [-0.15, -0.1) is 0 Å². The van der Waals surface area contributed by atoms with Gasteiger partial charge in [0.05, 0.1) is 33.4 Å². The second kappa shape index (κ2) is 7.67. The number of tetrazole rings is 1. The van der Waals surface area contributed by atoms with E-state index >= 15 is 0 Å². The Balaban J connectivity index is 1.81. The number of nitrogens with zero attached hydrogens (tertiary/aromatic N) is 4. The van der Waals surface area contributed by atoms with Gasteiger partial charge in [-0.1, -0.05) is 33.2 Å². The number of benzene rings is 2. The van der Waals surface area contributed by atoms with Crippen molar-refractivity contribution in [3.8, 4) is 17.2 Å². The summed E-state index contributed by atoms with van der Waals surface area (Å²) < 4.78 is 19.5. The Morgan fingerprint density at radius 1 is 1.07 bits per heavy atom. The van der Waals surface area contributed by atoms with E-state index in [0.29, 0.717) is 23.2 Å². The van der Waals surface area contributed by atoms with Crippen LogP contribution in [-0.4, -0.2) is 41.5 Å². The highest BCUT2D eigenvalue weighted by Crippen LogP contribution is 2.46. The average Bonchev–Trinajstić information content (AvgIpc) is 3.20. The van der Waals surface area contributed by atoms with Crippen molar-refractivity contribution in [2.24, 2.45) is 0 Å². The molecule has 0 spiro atoms. The van der Waals surface area contributed by atoms with E-state index in [1.165, 1.54) is 0 Å². The van der Waals surface area contributed by atoms with Crippen LogP contribution in [0.3, 0.4) is 0 Å². The highest BCUT2D eigenvalue weighted by molar-refractivity contribution is 9.10. The van der Waals surface area contributed by atoms with Gasteiger partial charge in [-0.25, -0.2) is 4.68 Å². The largest absolute Gasteiger partial charge is 0.493 e. The highest BCUT2D eigenvalue weighted by Gasteiger charge is 2.34. The molecule has 0 fully saturated rings. The molecule has 0 bridgehead atoms. The van der Waals surface area contributed by atoms with Crippen LogP contribution >= 0.6 is 15.9 Å². The molecule has 0 saturated carbocycles. The van der Waals surface area contributed by atoms with Crippen LogP contribution in [0, 0.1) is 0 Å². The predicted molar refractivity (Wildman–Crippen MR) is 107 cm³/mol. The van der Waals surface area contributed by atoms with Crippen LogP contribution in [0.4, 0.5) is 5.95 Å². The first-order chi connectivity index (χ1) is 13.7. The summed E-state index contributed by atoms with van der Waals surface area (Å²) in [4.78, 5) is 0. The fourth-order valence-electron chi connectivity index (χ4n) is 3.62. The lowest BCUT2D eigenvalue weighted by molar-refractivity contribution is 0.315. The number of ether oxygens (including phenoxy) is 3. The number of anilines is 1. The van der Waals surface area contributed by atoms with E-state index in [9.17, 15) is 0 Å². The van der Waals surface area contributed by atoms with Crippen LogP contribution in [0.15, 0.2) is 40.9 Å². The Kier molecular flexibility index (Phi) is 5.08. The number of hydrogen-bond acceptors (Lipinski definition) is 7. The molecule has 28 heavy (non-hydrogen) atoms. The standard InChI is InChI=1S/C19H20BrN5O3/c1-26-16-8-7-13(17(27-2)18(16)28-3)15-10-14(11-5-4-6-12(20)9-11)21-19-22-23-24-25(15)19/h4-9,14-15H,10H2,1-3H3,(H,21,22,24)/t14-,15+/m1/s1. The van der Waals surface area contributed by atoms with Gasteiger partial charge in [-0.2, -0.15) is 0 Å². The molecule has 2 heterocycles. The molecule has 0 radical (unpaired) electrons. The predicted octanol–water partition coefficient (Wildman–Crippen LogP) is 3.61. The van der Waals surface area contributed by atoms with Gasteiger partial charge in [0.2, 0.25) is 11.7 Å². The zero-order valence-corrected chi connectivity index (χ0v) is 17.3. The number of hydrogen-bond donors (Lipinski definition) is 1. The molecule has 0 saturated heterocycles. The van der Waals surface area contributed by atoms with Crippen molar-refractivity contribution in [3.63, 3.8) is 0 Å². The summed E-state index contributed by atoms with van der Waals surface area (Å²) in [7, 11) is 4.82. The smallest absolute Gasteiger partial charge is 0.243 e. The van der Waals surface area contributed by atoms with Crippen LogP contribution in [0.1, 0.15) is 29.6 Å². The van der Waals surface area contributed by atoms with Gasteiger partial charge in [0.25, 0.3) is 0 Å². The highest BCUT2D eigenvalue weighted by atomic mass is 79.9. The van der Waals surface area contributed by atoms with Crippen LogP contribution in [0.5, 0.6) is 17.2 Å². The molecule has 146 valence electrons. The maximum absolute atomic E-state index is 5.70. The van der Waals surface area contributed by atoms with E-state index in [1.807, 2.05) is 24.3 Å². The number of nitrogens with one attached hydrogen (secondary N) is 1. The molecule has 3 aromatic rings. The van der Waals surface area contributed by atoms with E-state index in [-0.39, 0.29) is 12.1 Å². The third-order valence-corrected chi connectivity index (χ3v) is 5.39. The zero-order chi connectivity index (χ0) is 19.7. The van der Waals surface area contributed by atoms with Crippen molar-refractivity contribution >= 4 is 21.9 Å². The van der Waals surface area contributed by atoms with Crippen molar-refractivity contribution in [2.75, 3.05) is 26.6 Å². The Morgan fingerprint density at radius 2 is 1.89 bits per heavy atom. The lowest BCUT2D eigenvalue weighted by atomic mass is 9.92. The summed E-state index contributed by atoms with van der Waals surface area (Å²) >= 11 is 3.55.